The quantitative estimate of drug-likeness (QED) is 0.642. The Hall–Kier alpha value is -0.170. The molecule has 0 bridgehead atoms. The highest BCUT2D eigenvalue weighted by Crippen LogP contribution is 2.21. The first-order valence-corrected chi connectivity index (χ1v) is 5.67. The molecule has 1 aliphatic rings. The van der Waals surface area contributed by atoms with E-state index in [0.29, 0.717) is 13.1 Å². The maximum absolute atomic E-state index is 11.1. The van der Waals surface area contributed by atoms with E-state index in [1.165, 1.54) is 4.31 Å². The summed E-state index contributed by atoms with van der Waals surface area (Å²) in [6, 6.07) is 0. The van der Waals surface area contributed by atoms with Crippen LogP contribution in [0.5, 0.6) is 0 Å². The summed E-state index contributed by atoms with van der Waals surface area (Å²) in [5.41, 5.74) is -0.454. The number of ether oxygens (including phenoxy) is 1. The molecule has 0 aliphatic carbocycles. The average Bonchev–Trinajstić information content (AvgIpc) is 1.79. The molecular weight excluding hydrogens is 192 g/mol. The second kappa shape index (κ2) is 3.20. The molecule has 0 aromatic heterocycles. The van der Waals surface area contributed by atoms with Crippen molar-refractivity contribution in [3.63, 3.8) is 0 Å². The first-order valence-electron chi connectivity index (χ1n) is 4.16. The fourth-order valence-corrected chi connectivity index (χ4v) is 2.50. The third kappa shape index (κ3) is 2.91. The molecule has 1 fully saturated rings. The predicted octanol–water partition coefficient (Wildman–Crippen LogP) is -0.311. The molecule has 6 heteroatoms. The van der Waals surface area contributed by atoms with Gasteiger partial charge in [0.2, 0.25) is 0 Å². The third-order valence-electron chi connectivity index (χ3n) is 1.90. The lowest BCUT2D eigenvalue weighted by molar-refractivity contribution is -0.109. The lowest BCUT2D eigenvalue weighted by Gasteiger charge is -2.40. The van der Waals surface area contributed by atoms with Gasteiger partial charge in [-0.15, -0.1) is 0 Å². The van der Waals surface area contributed by atoms with E-state index in [4.69, 9.17) is 9.88 Å². The molecule has 1 atom stereocenters. The fraction of sp³-hybridized carbons (Fsp3) is 1.00. The monoisotopic (exact) mass is 208 g/mol. The molecule has 0 amide bonds. The van der Waals surface area contributed by atoms with Crippen LogP contribution in [-0.4, -0.2) is 37.5 Å². The second-order valence-corrected chi connectivity index (χ2v) is 5.57. The Balaban J connectivity index is 2.81. The second-order valence-electron chi connectivity index (χ2n) is 4.03. The van der Waals surface area contributed by atoms with Gasteiger partial charge in [0.15, 0.2) is 0 Å². The Bertz CT molecular complexity index is 286. The van der Waals surface area contributed by atoms with Crippen LogP contribution in [0.15, 0.2) is 0 Å². The Morgan fingerprint density at radius 3 is 2.46 bits per heavy atom. The smallest absolute Gasteiger partial charge is 0.277 e. The van der Waals surface area contributed by atoms with Crippen LogP contribution in [0.3, 0.4) is 0 Å². The maximum Gasteiger partial charge on any atom is 0.277 e. The van der Waals surface area contributed by atoms with Crippen molar-refractivity contribution >= 4 is 10.2 Å². The van der Waals surface area contributed by atoms with E-state index in [0.717, 1.165) is 0 Å². The minimum atomic E-state index is -3.58. The number of morpholine rings is 1. The summed E-state index contributed by atoms with van der Waals surface area (Å²) >= 11 is 0. The number of nitrogens with zero attached hydrogens (tertiary/aromatic N) is 1. The number of hydrogen-bond donors (Lipinski definition) is 1. The zero-order valence-electron chi connectivity index (χ0n) is 8.15. The van der Waals surface area contributed by atoms with Crippen LogP contribution < -0.4 is 5.14 Å². The van der Waals surface area contributed by atoms with Crippen molar-refractivity contribution < 1.29 is 13.2 Å². The van der Waals surface area contributed by atoms with Crippen LogP contribution in [-0.2, 0) is 14.9 Å². The minimum Gasteiger partial charge on any atom is -0.370 e. The van der Waals surface area contributed by atoms with Crippen molar-refractivity contribution in [2.45, 2.75) is 32.5 Å². The van der Waals surface area contributed by atoms with E-state index in [9.17, 15) is 8.42 Å². The van der Waals surface area contributed by atoms with E-state index in [1.807, 2.05) is 20.8 Å². The normalized spacial score (nSPS) is 30.3. The molecule has 1 saturated heterocycles. The highest BCUT2D eigenvalue weighted by Gasteiger charge is 2.35. The topological polar surface area (TPSA) is 72.6 Å². The Morgan fingerprint density at radius 2 is 2.08 bits per heavy atom. The van der Waals surface area contributed by atoms with Crippen LogP contribution in [0.25, 0.3) is 0 Å². The molecule has 0 aromatic rings. The van der Waals surface area contributed by atoms with Gasteiger partial charge in [-0.3, -0.25) is 0 Å². The zero-order chi connectivity index (χ0) is 10.3. The largest absolute Gasteiger partial charge is 0.370 e. The van der Waals surface area contributed by atoms with Crippen molar-refractivity contribution in [1.29, 1.82) is 0 Å². The van der Waals surface area contributed by atoms with Gasteiger partial charge in [-0.25, -0.2) is 5.14 Å². The van der Waals surface area contributed by atoms with Gasteiger partial charge in [-0.05, 0) is 20.8 Å². The zero-order valence-corrected chi connectivity index (χ0v) is 8.97. The molecule has 1 unspecified atom stereocenters. The molecule has 1 aliphatic heterocycles. The molecule has 1 heterocycles. The first-order chi connectivity index (χ1) is 5.71. The number of hydrogen-bond acceptors (Lipinski definition) is 3. The van der Waals surface area contributed by atoms with Gasteiger partial charge in [0.1, 0.15) is 0 Å². The summed E-state index contributed by atoms with van der Waals surface area (Å²) in [5, 5.41) is 5.04. The highest BCUT2D eigenvalue weighted by atomic mass is 32.2. The van der Waals surface area contributed by atoms with Gasteiger partial charge >= 0.3 is 0 Å². The molecule has 13 heavy (non-hydrogen) atoms. The van der Waals surface area contributed by atoms with Gasteiger partial charge in [-0.1, -0.05) is 0 Å². The Morgan fingerprint density at radius 1 is 1.54 bits per heavy atom. The fourth-order valence-electron chi connectivity index (χ4n) is 1.59. The molecule has 1 rings (SSSR count). The van der Waals surface area contributed by atoms with Gasteiger partial charge in [0.05, 0.1) is 11.7 Å². The van der Waals surface area contributed by atoms with E-state index in [1.54, 1.807) is 0 Å². The minimum absolute atomic E-state index is 0.109. The summed E-state index contributed by atoms with van der Waals surface area (Å²) in [6.45, 7) is 6.18. The van der Waals surface area contributed by atoms with Crippen LogP contribution in [0.1, 0.15) is 20.8 Å². The molecule has 0 spiro atoms. The number of nitrogens with two attached hydrogens (primary N) is 1. The van der Waals surface area contributed by atoms with Crippen molar-refractivity contribution in [3.05, 3.63) is 0 Å². The maximum atomic E-state index is 11.1. The van der Waals surface area contributed by atoms with Gasteiger partial charge < -0.3 is 4.74 Å². The van der Waals surface area contributed by atoms with Gasteiger partial charge in [-0.2, -0.15) is 12.7 Å². The molecule has 2 N–H and O–H groups in total. The van der Waals surface area contributed by atoms with Crippen LogP contribution >= 0.6 is 0 Å². The van der Waals surface area contributed by atoms with Gasteiger partial charge in [0, 0.05) is 13.1 Å². The molecular formula is C7H16N2O3S. The van der Waals surface area contributed by atoms with Crippen molar-refractivity contribution in [2.75, 3.05) is 13.1 Å². The highest BCUT2D eigenvalue weighted by molar-refractivity contribution is 7.86. The summed E-state index contributed by atoms with van der Waals surface area (Å²) in [4.78, 5) is 0. The summed E-state index contributed by atoms with van der Waals surface area (Å²) in [6.07, 6.45) is -0.109. The average molecular weight is 208 g/mol. The summed E-state index contributed by atoms with van der Waals surface area (Å²) < 4.78 is 28.9. The van der Waals surface area contributed by atoms with E-state index in [2.05, 4.69) is 0 Å². The molecule has 0 radical (unpaired) electrons. The molecule has 0 saturated carbocycles. The van der Waals surface area contributed by atoms with Crippen LogP contribution in [0, 0.1) is 0 Å². The first kappa shape index (κ1) is 10.9. The van der Waals surface area contributed by atoms with E-state index >= 15 is 0 Å². The SMILES string of the molecule is CC1CN(S(N)(=O)=O)CC(C)(C)O1. The Labute approximate surface area is 79.0 Å². The van der Waals surface area contributed by atoms with Crippen LogP contribution in [0.2, 0.25) is 0 Å². The third-order valence-corrected chi connectivity index (χ3v) is 2.90. The van der Waals surface area contributed by atoms with Crippen molar-refractivity contribution in [2.24, 2.45) is 5.14 Å². The standard InChI is InChI=1S/C7H16N2O3S/c1-6-4-9(13(8,10)11)5-7(2,3)12-6/h6H,4-5H2,1-3H3,(H2,8,10,11). The van der Waals surface area contributed by atoms with Gasteiger partial charge in [0.25, 0.3) is 10.2 Å². The van der Waals surface area contributed by atoms with Crippen molar-refractivity contribution in [3.8, 4) is 0 Å². The van der Waals surface area contributed by atoms with E-state index < -0.39 is 15.8 Å². The Kier molecular flexibility index (Phi) is 2.68. The molecule has 78 valence electrons. The predicted molar refractivity (Wildman–Crippen MR) is 49.3 cm³/mol. The van der Waals surface area contributed by atoms with Crippen molar-refractivity contribution in [1.82, 2.24) is 4.31 Å². The number of rotatable bonds is 1. The van der Waals surface area contributed by atoms with Crippen LogP contribution in [0.4, 0.5) is 0 Å². The summed E-state index contributed by atoms with van der Waals surface area (Å²) in [5.74, 6) is 0. The summed E-state index contributed by atoms with van der Waals surface area (Å²) in [7, 11) is -3.58. The lowest BCUT2D eigenvalue weighted by atomic mass is 10.1. The molecule has 5 nitrogen and oxygen atoms in total. The lowest BCUT2D eigenvalue weighted by Crippen LogP contribution is -2.55. The molecule has 0 aromatic carbocycles. The van der Waals surface area contributed by atoms with E-state index in [-0.39, 0.29) is 6.10 Å².